The Bertz CT molecular complexity index is 729. The Balaban J connectivity index is 1.80. The molecule has 0 saturated carbocycles. The van der Waals surface area contributed by atoms with Gasteiger partial charge >= 0.3 is 0 Å². The number of rotatable bonds is 3. The van der Waals surface area contributed by atoms with Gasteiger partial charge in [0, 0.05) is 5.38 Å². The fourth-order valence-electron chi connectivity index (χ4n) is 1.69. The third-order valence-electron chi connectivity index (χ3n) is 2.66. The third-order valence-corrected chi connectivity index (χ3v) is 4.66. The maximum absolute atomic E-state index is 12.1. The van der Waals surface area contributed by atoms with E-state index in [2.05, 4.69) is 15.3 Å². The zero-order valence-corrected chi connectivity index (χ0v) is 12.3. The van der Waals surface area contributed by atoms with Crippen molar-refractivity contribution < 1.29 is 4.79 Å². The number of para-hydroxylation sites is 1. The molecule has 2 aromatic heterocycles. The standard InChI is InChI=1S/C13H12N4OS2/c1-7(14)12-15-9(6-19-12)11(18)17-13-16-8-4-2-3-5-10(8)20-13/h2-7H,14H2,1H3,(H,16,17,18). The van der Waals surface area contributed by atoms with Gasteiger partial charge in [-0.15, -0.1) is 11.3 Å². The summed E-state index contributed by atoms with van der Waals surface area (Å²) in [5, 5.41) is 5.81. The smallest absolute Gasteiger partial charge is 0.276 e. The summed E-state index contributed by atoms with van der Waals surface area (Å²) in [5.41, 5.74) is 6.99. The average Bonchev–Trinajstić information content (AvgIpc) is 3.04. The first-order valence-corrected chi connectivity index (χ1v) is 7.71. The number of nitrogens with two attached hydrogens (primary N) is 1. The van der Waals surface area contributed by atoms with Crippen molar-refractivity contribution in [1.29, 1.82) is 0 Å². The van der Waals surface area contributed by atoms with Gasteiger partial charge in [-0.05, 0) is 19.1 Å². The number of fused-ring (bicyclic) bond motifs is 1. The van der Waals surface area contributed by atoms with E-state index < -0.39 is 0 Å². The lowest BCUT2D eigenvalue weighted by atomic mass is 10.3. The first-order valence-electron chi connectivity index (χ1n) is 6.01. The number of nitrogens with one attached hydrogen (secondary N) is 1. The molecule has 0 bridgehead atoms. The zero-order valence-electron chi connectivity index (χ0n) is 10.7. The van der Waals surface area contributed by atoms with Gasteiger partial charge in [-0.25, -0.2) is 9.97 Å². The number of hydrogen-bond acceptors (Lipinski definition) is 6. The van der Waals surface area contributed by atoms with Crippen LogP contribution in [-0.4, -0.2) is 15.9 Å². The molecule has 0 radical (unpaired) electrons. The fraction of sp³-hybridized carbons (Fsp3) is 0.154. The molecule has 3 N–H and O–H groups in total. The molecule has 0 aliphatic heterocycles. The molecular weight excluding hydrogens is 292 g/mol. The quantitative estimate of drug-likeness (QED) is 0.779. The second-order valence-electron chi connectivity index (χ2n) is 4.30. The van der Waals surface area contributed by atoms with Gasteiger partial charge in [0.1, 0.15) is 10.7 Å². The molecule has 20 heavy (non-hydrogen) atoms. The van der Waals surface area contributed by atoms with E-state index in [1.54, 1.807) is 5.38 Å². The Morgan fingerprint density at radius 3 is 2.85 bits per heavy atom. The van der Waals surface area contributed by atoms with Gasteiger partial charge < -0.3 is 5.73 Å². The SMILES string of the molecule is CC(N)c1nc(C(=O)Nc2nc3ccccc3s2)cs1. The van der Waals surface area contributed by atoms with Crippen LogP contribution in [0.5, 0.6) is 0 Å². The summed E-state index contributed by atoms with van der Waals surface area (Å²) in [6.07, 6.45) is 0. The minimum absolute atomic E-state index is 0.163. The highest BCUT2D eigenvalue weighted by Gasteiger charge is 2.14. The Morgan fingerprint density at radius 1 is 1.35 bits per heavy atom. The van der Waals surface area contributed by atoms with Gasteiger partial charge in [-0.1, -0.05) is 23.5 Å². The molecule has 102 valence electrons. The number of carbonyl (C=O) groups excluding carboxylic acids is 1. The van der Waals surface area contributed by atoms with E-state index in [0.29, 0.717) is 10.8 Å². The molecule has 1 amide bonds. The van der Waals surface area contributed by atoms with Crippen molar-refractivity contribution in [2.75, 3.05) is 5.32 Å². The number of carbonyl (C=O) groups is 1. The van der Waals surface area contributed by atoms with Crippen molar-refractivity contribution in [3.8, 4) is 0 Å². The van der Waals surface area contributed by atoms with Gasteiger partial charge in [-0.3, -0.25) is 10.1 Å². The number of anilines is 1. The Kier molecular flexibility index (Phi) is 3.47. The molecule has 5 nitrogen and oxygen atoms in total. The maximum atomic E-state index is 12.1. The van der Waals surface area contributed by atoms with Crippen molar-refractivity contribution in [2.45, 2.75) is 13.0 Å². The second-order valence-corrected chi connectivity index (χ2v) is 6.22. The van der Waals surface area contributed by atoms with Gasteiger partial charge in [0.05, 0.1) is 16.3 Å². The van der Waals surface area contributed by atoms with E-state index in [1.165, 1.54) is 22.7 Å². The molecule has 2 heterocycles. The van der Waals surface area contributed by atoms with E-state index in [9.17, 15) is 4.79 Å². The predicted octanol–water partition coefficient (Wildman–Crippen LogP) is 3.02. The highest BCUT2D eigenvalue weighted by molar-refractivity contribution is 7.22. The molecule has 0 aliphatic rings. The predicted molar refractivity (Wildman–Crippen MR) is 82.3 cm³/mol. The molecule has 0 fully saturated rings. The van der Waals surface area contributed by atoms with Crippen LogP contribution in [0.15, 0.2) is 29.6 Å². The molecule has 1 aromatic carbocycles. The van der Waals surface area contributed by atoms with Crippen molar-refractivity contribution in [3.63, 3.8) is 0 Å². The van der Waals surface area contributed by atoms with Crippen molar-refractivity contribution in [3.05, 3.63) is 40.3 Å². The van der Waals surface area contributed by atoms with E-state index in [4.69, 9.17) is 5.73 Å². The summed E-state index contributed by atoms with van der Waals surface area (Å²) in [6, 6.07) is 7.59. The monoisotopic (exact) mass is 304 g/mol. The summed E-state index contributed by atoms with van der Waals surface area (Å²) in [4.78, 5) is 20.7. The number of hydrogen-bond donors (Lipinski definition) is 2. The normalized spacial score (nSPS) is 12.5. The molecule has 1 atom stereocenters. The molecule has 0 aliphatic carbocycles. The minimum Gasteiger partial charge on any atom is -0.322 e. The molecule has 0 spiro atoms. The first kappa shape index (κ1) is 13.2. The highest BCUT2D eigenvalue weighted by atomic mass is 32.1. The van der Waals surface area contributed by atoms with E-state index in [-0.39, 0.29) is 11.9 Å². The molecule has 1 unspecified atom stereocenters. The van der Waals surface area contributed by atoms with Crippen LogP contribution < -0.4 is 11.1 Å². The van der Waals surface area contributed by atoms with Gasteiger partial charge in [-0.2, -0.15) is 0 Å². The lowest BCUT2D eigenvalue weighted by Gasteiger charge is -1.98. The number of benzene rings is 1. The number of nitrogens with zero attached hydrogens (tertiary/aromatic N) is 2. The number of thiazole rings is 2. The first-order chi connectivity index (χ1) is 9.63. The van der Waals surface area contributed by atoms with Crippen molar-refractivity contribution in [2.24, 2.45) is 5.73 Å². The van der Waals surface area contributed by atoms with Crippen LogP contribution in [-0.2, 0) is 0 Å². The molecule has 3 rings (SSSR count). The maximum Gasteiger partial charge on any atom is 0.276 e. The van der Waals surface area contributed by atoms with Crippen LogP contribution in [0.3, 0.4) is 0 Å². The summed E-state index contributed by atoms with van der Waals surface area (Å²) in [7, 11) is 0. The molecule has 7 heteroatoms. The van der Waals surface area contributed by atoms with Crippen molar-refractivity contribution in [1.82, 2.24) is 9.97 Å². The topological polar surface area (TPSA) is 80.9 Å². The number of aromatic nitrogens is 2. The number of amides is 1. The molecular formula is C13H12N4OS2. The Morgan fingerprint density at radius 2 is 2.15 bits per heavy atom. The van der Waals surface area contributed by atoms with E-state index in [0.717, 1.165) is 15.2 Å². The van der Waals surface area contributed by atoms with Gasteiger partial charge in [0.25, 0.3) is 5.91 Å². The largest absolute Gasteiger partial charge is 0.322 e. The fourth-order valence-corrected chi connectivity index (χ4v) is 3.31. The van der Waals surface area contributed by atoms with Gasteiger partial charge in [0.2, 0.25) is 0 Å². The third kappa shape index (κ3) is 2.55. The summed E-state index contributed by atoms with van der Waals surface area (Å²) in [6.45, 7) is 1.84. The summed E-state index contributed by atoms with van der Waals surface area (Å²) >= 11 is 2.83. The summed E-state index contributed by atoms with van der Waals surface area (Å²) < 4.78 is 1.04. The van der Waals surface area contributed by atoms with Crippen LogP contribution >= 0.6 is 22.7 Å². The average molecular weight is 304 g/mol. The highest BCUT2D eigenvalue weighted by Crippen LogP contribution is 2.26. The van der Waals surface area contributed by atoms with E-state index in [1.807, 2.05) is 31.2 Å². The summed E-state index contributed by atoms with van der Waals surface area (Å²) in [5.74, 6) is -0.257. The van der Waals surface area contributed by atoms with E-state index >= 15 is 0 Å². The Labute approximate surface area is 123 Å². The van der Waals surface area contributed by atoms with Crippen LogP contribution in [0.25, 0.3) is 10.2 Å². The van der Waals surface area contributed by atoms with Crippen LogP contribution in [0.4, 0.5) is 5.13 Å². The molecule has 3 aromatic rings. The van der Waals surface area contributed by atoms with Crippen LogP contribution in [0.1, 0.15) is 28.5 Å². The van der Waals surface area contributed by atoms with Gasteiger partial charge in [0.15, 0.2) is 5.13 Å². The zero-order chi connectivity index (χ0) is 14.1. The van der Waals surface area contributed by atoms with Crippen molar-refractivity contribution >= 4 is 43.9 Å². The van der Waals surface area contributed by atoms with Crippen LogP contribution in [0.2, 0.25) is 0 Å². The lowest BCUT2D eigenvalue weighted by molar-refractivity contribution is 0.102. The molecule has 0 saturated heterocycles. The van der Waals surface area contributed by atoms with Crippen LogP contribution in [0, 0.1) is 0 Å². The minimum atomic E-state index is -0.257. The Hall–Kier alpha value is -1.83. The lowest BCUT2D eigenvalue weighted by Crippen LogP contribution is -2.13. The second kappa shape index (κ2) is 5.28.